The molecule has 0 aliphatic heterocycles. The molecule has 0 fully saturated rings. The molecule has 0 atom stereocenters. The van der Waals surface area contributed by atoms with Crippen LogP contribution in [0.15, 0.2) is 0 Å². The van der Waals surface area contributed by atoms with Gasteiger partial charge in [0.15, 0.2) is 0 Å². The molecule has 6 heavy (non-hydrogen) atoms. The fraction of sp³-hybridized carbons (Fsp3) is 0. The fourth-order valence-electron chi connectivity index (χ4n) is 0. The molecule has 0 aliphatic rings. The number of hydrogen-bond donors (Lipinski definition) is 0. The third-order valence-corrected chi connectivity index (χ3v) is 0. The van der Waals surface area contributed by atoms with Crippen LogP contribution in [0.1, 0.15) is 0 Å². The maximum Gasteiger partial charge on any atom is 2.00 e. The Hall–Kier alpha value is 1.40. The van der Waals surface area contributed by atoms with Crippen molar-refractivity contribution in [2.45, 2.75) is 0 Å². The Morgan fingerprint density at radius 2 is 1.33 bits per heavy atom. The molecule has 0 saturated heterocycles. The van der Waals surface area contributed by atoms with E-state index in [1.165, 1.54) is 0 Å². The average molecular weight is 172 g/mol. The predicted molar refractivity (Wildman–Crippen MR) is 12.2 cm³/mol. The third kappa shape index (κ3) is 53.5. The van der Waals surface area contributed by atoms with Crippen molar-refractivity contribution in [3.8, 4) is 0 Å². The minimum absolute atomic E-state index is 0. The van der Waals surface area contributed by atoms with Crippen LogP contribution >= 0.6 is 0 Å². The molecule has 30 valence electrons. The van der Waals surface area contributed by atoms with Crippen molar-refractivity contribution in [3.63, 3.8) is 0 Å². The Bertz CT molecular complexity index is 33.8. The van der Waals surface area contributed by atoms with Crippen LogP contribution in [0.5, 0.6) is 0 Å². The van der Waals surface area contributed by atoms with Crippen molar-refractivity contribution in [2.75, 3.05) is 0 Å². The summed E-state index contributed by atoms with van der Waals surface area (Å²) in [6.07, 6.45) is 0. The normalized spacial score (nSPS) is 4.00. The molecule has 0 heterocycles. The first kappa shape index (κ1) is 15.7. The van der Waals surface area contributed by atoms with Gasteiger partial charge in [0.2, 0.25) is 0 Å². The molecule has 6 heteroatoms. The first-order valence-electron chi connectivity index (χ1n) is 0.612. The number of hydrogen-bond acceptors (Lipinski definition) is 3. The van der Waals surface area contributed by atoms with E-state index in [0.717, 1.165) is 0 Å². The Kier molecular flexibility index (Phi) is 25.1. The number of rotatable bonds is 0. The Labute approximate surface area is 77.1 Å². The molecular formula is CaFeO3Si+2. The molecule has 0 N–H and O–H groups in total. The van der Waals surface area contributed by atoms with Gasteiger partial charge >= 0.3 is 54.8 Å². The van der Waals surface area contributed by atoms with Crippen molar-refractivity contribution < 1.29 is 31.1 Å². The second-order valence-electron chi connectivity index (χ2n) is 0.250. The third-order valence-electron chi connectivity index (χ3n) is 0. The van der Waals surface area contributed by atoms with E-state index in [2.05, 4.69) is 0 Å². The maximum atomic E-state index is 8.52. The fourth-order valence-corrected chi connectivity index (χ4v) is 0. The van der Waals surface area contributed by atoms with Gasteiger partial charge in [0.05, 0.1) is 0 Å². The van der Waals surface area contributed by atoms with Gasteiger partial charge in [0.25, 0.3) is 0 Å². The van der Waals surface area contributed by atoms with E-state index in [1.807, 2.05) is 0 Å². The van der Waals surface area contributed by atoms with Gasteiger partial charge in [0.1, 0.15) is 0 Å². The van der Waals surface area contributed by atoms with Crippen LogP contribution in [0.25, 0.3) is 0 Å². The van der Waals surface area contributed by atoms with Crippen molar-refractivity contribution >= 4 is 46.9 Å². The quantitative estimate of drug-likeness (QED) is 0.360. The molecule has 0 spiro atoms. The molecule has 0 aliphatic carbocycles. The molecule has 0 aromatic heterocycles. The summed E-state index contributed by atoms with van der Waals surface area (Å²) >= 11 is 0. The SMILES string of the molecule is O=[Si]([O-])[O-].[Ca+2].[Fe+2]. The summed E-state index contributed by atoms with van der Waals surface area (Å²) in [5.41, 5.74) is 0. The standard InChI is InChI=1S/Ca.Fe.O3Si/c;;1-4(2)3/q2*+2;-2. The van der Waals surface area contributed by atoms with Crippen LogP contribution in [-0.2, 0) is 21.5 Å². The Balaban J connectivity index is -0.0000000450. The molecule has 0 unspecified atom stereocenters. The van der Waals surface area contributed by atoms with E-state index in [4.69, 9.17) is 14.1 Å². The van der Waals surface area contributed by atoms with Gasteiger partial charge in [-0.15, -0.1) is 0 Å². The molecule has 0 rings (SSSR count). The Morgan fingerprint density at radius 1 is 1.33 bits per heavy atom. The van der Waals surface area contributed by atoms with Crippen LogP contribution in [0.4, 0.5) is 0 Å². The largest absolute Gasteiger partial charge is 2.00 e. The van der Waals surface area contributed by atoms with Crippen molar-refractivity contribution in [1.29, 1.82) is 0 Å². The van der Waals surface area contributed by atoms with E-state index in [-0.39, 0.29) is 54.8 Å². The van der Waals surface area contributed by atoms with Gasteiger partial charge < -0.3 is 14.1 Å². The van der Waals surface area contributed by atoms with E-state index in [9.17, 15) is 0 Å². The predicted octanol–water partition coefficient (Wildman–Crippen LogP) is -3.26. The van der Waals surface area contributed by atoms with Gasteiger partial charge in [-0.25, -0.2) is 0 Å². The zero-order valence-electron chi connectivity index (χ0n) is 2.79. The molecule has 0 amide bonds. The van der Waals surface area contributed by atoms with Crippen LogP contribution in [0.2, 0.25) is 0 Å². The monoisotopic (exact) mass is 172 g/mol. The van der Waals surface area contributed by atoms with E-state index in [1.54, 1.807) is 0 Å². The summed E-state index contributed by atoms with van der Waals surface area (Å²) < 4.78 is 8.52. The van der Waals surface area contributed by atoms with E-state index >= 15 is 0 Å². The summed E-state index contributed by atoms with van der Waals surface area (Å²) in [6, 6.07) is 0. The minimum Gasteiger partial charge on any atom is -0.672 e. The molecular weight excluding hydrogens is 172 g/mol. The second-order valence-corrected chi connectivity index (χ2v) is 0.750. The van der Waals surface area contributed by atoms with Gasteiger partial charge in [-0.1, -0.05) is 0 Å². The first-order valence-corrected chi connectivity index (χ1v) is 1.84. The van der Waals surface area contributed by atoms with E-state index < -0.39 is 9.17 Å². The summed E-state index contributed by atoms with van der Waals surface area (Å²) in [4.78, 5) is 17.0. The van der Waals surface area contributed by atoms with Crippen LogP contribution < -0.4 is 9.59 Å². The molecule has 0 bridgehead atoms. The summed E-state index contributed by atoms with van der Waals surface area (Å²) in [5.74, 6) is 0. The van der Waals surface area contributed by atoms with Gasteiger partial charge in [-0.2, -0.15) is 0 Å². The molecule has 0 saturated carbocycles. The minimum atomic E-state index is -3.63. The van der Waals surface area contributed by atoms with E-state index in [0.29, 0.717) is 0 Å². The summed E-state index contributed by atoms with van der Waals surface area (Å²) in [7, 11) is -3.63. The topological polar surface area (TPSA) is 63.2 Å². The Morgan fingerprint density at radius 3 is 1.33 bits per heavy atom. The first-order chi connectivity index (χ1) is 1.73. The molecule has 0 radical (unpaired) electrons. The molecule has 0 aromatic carbocycles. The second kappa shape index (κ2) is 9.64. The van der Waals surface area contributed by atoms with Crippen LogP contribution in [-0.4, -0.2) is 46.9 Å². The van der Waals surface area contributed by atoms with Crippen molar-refractivity contribution in [3.05, 3.63) is 0 Å². The molecule has 0 aromatic rings. The van der Waals surface area contributed by atoms with Crippen molar-refractivity contribution in [1.82, 2.24) is 0 Å². The van der Waals surface area contributed by atoms with Gasteiger partial charge in [-0.3, -0.25) is 0 Å². The zero-order chi connectivity index (χ0) is 3.58. The van der Waals surface area contributed by atoms with Crippen LogP contribution in [0, 0.1) is 0 Å². The zero-order valence-corrected chi connectivity index (χ0v) is 7.10. The van der Waals surface area contributed by atoms with Gasteiger partial charge in [-0.05, 0) is 0 Å². The summed E-state index contributed by atoms with van der Waals surface area (Å²) in [6.45, 7) is 0. The smallest absolute Gasteiger partial charge is 0.672 e. The van der Waals surface area contributed by atoms with Crippen LogP contribution in [0.3, 0.4) is 0 Å². The van der Waals surface area contributed by atoms with Gasteiger partial charge in [0, 0.05) is 9.17 Å². The van der Waals surface area contributed by atoms with Crippen molar-refractivity contribution in [2.24, 2.45) is 0 Å². The maximum absolute atomic E-state index is 8.52. The molecule has 3 nitrogen and oxygen atoms in total. The summed E-state index contributed by atoms with van der Waals surface area (Å²) in [5, 5.41) is 0. The average Bonchev–Trinajstić information content (AvgIpc) is 0.811.